The Hall–Kier alpha value is -2.04. The van der Waals surface area contributed by atoms with E-state index in [0.29, 0.717) is 5.56 Å². The third-order valence-corrected chi connectivity index (χ3v) is 3.56. The molecule has 100 valence electrons. The summed E-state index contributed by atoms with van der Waals surface area (Å²) in [6, 6.07) is 5.54. The monoisotopic (exact) mass is 261 g/mol. The number of nitrogens with zero attached hydrogens (tertiary/aromatic N) is 1. The molecule has 0 saturated heterocycles. The van der Waals surface area contributed by atoms with E-state index in [0.717, 1.165) is 11.1 Å². The van der Waals surface area contributed by atoms with Crippen molar-refractivity contribution in [3.63, 3.8) is 0 Å². The van der Waals surface area contributed by atoms with Gasteiger partial charge in [0.15, 0.2) is 5.78 Å². The van der Waals surface area contributed by atoms with Crippen LogP contribution >= 0.6 is 0 Å². The van der Waals surface area contributed by atoms with Crippen molar-refractivity contribution in [2.24, 2.45) is 5.92 Å². The number of nitro groups is 1. The lowest BCUT2D eigenvalue weighted by molar-refractivity contribution is -0.485. The Labute approximate surface area is 110 Å². The second-order valence-corrected chi connectivity index (χ2v) is 5.08. The van der Waals surface area contributed by atoms with Crippen LogP contribution in [0.2, 0.25) is 0 Å². The van der Waals surface area contributed by atoms with Gasteiger partial charge < -0.3 is 0 Å². The van der Waals surface area contributed by atoms with Crippen molar-refractivity contribution >= 4 is 11.6 Å². The van der Waals surface area contributed by atoms with Gasteiger partial charge in [0.1, 0.15) is 11.7 Å². The third kappa shape index (κ3) is 2.54. The van der Waals surface area contributed by atoms with E-state index in [1.165, 1.54) is 0 Å². The zero-order chi connectivity index (χ0) is 14.2. The molecule has 1 aromatic rings. The highest BCUT2D eigenvalue weighted by Gasteiger charge is 2.44. The van der Waals surface area contributed by atoms with Crippen LogP contribution in [0.4, 0.5) is 0 Å². The maximum Gasteiger partial charge on any atom is 0.214 e. The lowest BCUT2D eigenvalue weighted by Gasteiger charge is -2.12. The second-order valence-electron chi connectivity index (χ2n) is 5.08. The summed E-state index contributed by atoms with van der Waals surface area (Å²) in [4.78, 5) is 34.1. The molecule has 2 rings (SSSR count). The van der Waals surface area contributed by atoms with Gasteiger partial charge in [-0.15, -0.1) is 0 Å². The molecule has 0 bridgehead atoms. The zero-order valence-electron chi connectivity index (χ0n) is 10.9. The average molecular weight is 261 g/mol. The van der Waals surface area contributed by atoms with Gasteiger partial charge in [0.05, 0.1) is 5.92 Å². The van der Waals surface area contributed by atoms with Gasteiger partial charge in [0.25, 0.3) is 0 Å². The van der Waals surface area contributed by atoms with Crippen molar-refractivity contribution in [1.29, 1.82) is 0 Å². The molecule has 2 atom stereocenters. The molecule has 1 saturated carbocycles. The molecule has 19 heavy (non-hydrogen) atoms. The number of aryl methyl sites for hydroxylation is 2. The molecular weight excluding hydrogens is 246 g/mol. The van der Waals surface area contributed by atoms with E-state index in [4.69, 9.17) is 0 Å². The van der Waals surface area contributed by atoms with Crippen LogP contribution < -0.4 is 0 Å². The second kappa shape index (κ2) is 4.91. The van der Waals surface area contributed by atoms with Crippen LogP contribution in [0.5, 0.6) is 0 Å². The molecule has 2 unspecified atom stereocenters. The minimum atomic E-state index is -0.814. The summed E-state index contributed by atoms with van der Waals surface area (Å²) >= 11 is 0. The van der Waals surface area contributed by atoms with Crippen LogP contribution in [0.1, 0.15) is 29.0 Å². The predicted molar refractivity (Wildman–Crippen MR) is 68.6 cm³/mol. The van der Waals surface area contributed by atoms with Crippen molar-refractivity contribution < 1.29 is 14.5 Å². The summed E-state index contributed by atoms with van der Waals surface area (Å²) in [5.41, 5.74) is 2.63. The maximum absolute atomic E-state index is 12.2. The molecule has 5 nitrogen and oxygen atoms in total. The first kappa shape index (κ1) is 13.4. The van der Waals surface area contributed by atoms with Gasteiger partial charge >= 0.3 is 0 Å². The molecule has 1 aromatic carbocycles. The van der Waals surface area contributed by atoms with Gasteiger partial charge in [-0.3, -0.25) is 19.7 Å². The molecule has 1 aliphatic rings. The summed E-state index contributed by atoms with van der Waals surface area (Å²) in [6.07, 6.45) is -0.0161. The van der Waals surface area contributed by atoms with Gasteiger partial charge in [-0.25, -0.2) is 0 Å². The van der Waals surface area contributed by atoms with Crippen molar-refractivity contribution in [2.45, 2.75) is 26.2 Å². The van der Waals surface area contributed by atoms with Crippen LogP contribution in [0, 0.1) is 29.9 Å². The van der Waals surface area contributed by atoms with Crippen molar-refractivity contribution in [2.75, 3.05) is 6.54 Å². The molecule has 0 radical (unpaired) electrons. The molecule has 0 aromatic heterocycles. The van der Waals surface area contributed by atoms with E-state index >= 15 is 0 Å². The molecule has 1 aliphatic carbocycles. The van der Waals surface area contributed by atoms with Crippen LogP contribution in [-0.2, 0) is 9.59 Å². The van der Waals surface area contributed by atoms with Crippen LogP contribution in [0.3, 0.4) is 0 Å². The zero-order valence-corrected chi connectivity index (χ0v) is 10.9. The first-order chi connectivity index (χ1) is 8.90. The minimum Gasteiger partial charge on any atom is -0.298 e. The number of hydrogen-bond donors (Lipinski definition) is 0. The fourth-order valence-electron chi connectivity index (χ4n) is 2.67. The van der Waals surface area contributed by atoms with E-state index < -0.39 is 23.3 Å². The first-order valence-electron chi connectivity index (χ1n) is 6.15. The lowest BCUT2D eigenvalue weighted by Crippen LogP contribution is -2.21. The Bertz CT molecular complexity index is 565. The first-order valence-corrected chi connectivity index (χ1v) is 6.15. The Balaban J connectivity index is 2.32. The summed E-state index contributed by atoms with van der Waals surface area (Å²) in [7, 11) is 0. The smallest absolute Gasteiger partial charge is 0.214 e. The SMILES string of the molecule is Cc1ccc(C2C(=O)CC(C[N+](=O)[O-])C2=O)c(C)c1. The number of carbonyl (C=O) groups excluding carboxylic acids is 2. The Morgan fingerprint density at radius 1 is 1.32 bits per heavy atom. The number of benzene rings is 1. The fraction of sp³-hybridized carbons (Fsp3) is 0.429. The summed E-state index contributed by atoms with van der Waals surface area (Å²) in [5, 5.41) is 10.5. The number of ketones is 2. The Morgan fingerprint density at radius 2 is 2.00 bits per heavy atom. The van der Waals surface area contributed by atoms with Gasteiger partial charge in [-0.2, -0.15) is 0 Å². The van der Waals surface area contributed by atoms with Crippen molar-refractivity contribution in [3.05, 3.63) is 45.0 Å². The average Bonchev–Trinajstić information content (AvgIpc) is 2.55. The largest absolute Gasteiger partial charge is 0.298 e. The van der Waals surface area contributed by atoms with E-state index in [9.17, 15) is 19.7 Å². The van der Waals surface area contributed by atoms with Crippen molar-refractivity contribution in [3.8, 4) is 0 Å². The van der Waals surface area contributed by atoms with Crippen LogP contribution in [-0.4, -0.2) is 23.0 Å². The van der Waals surface area contributed by atoms with E-state index in [-0.39, 0.29) is 18.0 Å². The summed E-state index contributed by atoms with van der Waals surface area (Å²) < 4.78 is 0. The normalized spacial score (nSPS) is 22.8. The quantitative estimate of drug-likeness (QED) is 0.472. The highest BCUT2D eigenvalue weighted by Crippen LogP contribution is 2.34. The molecule has 0 heterocycles. The molecule has 0 spiro atoms. The number of Topliss-reactive ketones (excluding diaryl/α,β-unsaturated/α-hetero) is 2. The molecule has 5 heteroatoms. The summed E-state index contributed by atoms with van der Waals surface area (Å²) in [6.45, 7) is 3.33. The number of rotatable bonds is 3. The summed E-state index contributed by atoms with van der Waals surface area (Å²) in [5.74, 6) is -2.10. The lowest BCUT2D eigenvalue weighted by atomic mass is 9.90. The van der Waals surface area contributed by atoms with Gasteiger partial charge in [0, 0.05) is 11.3 Å². The fourth-order valence-corrected chi connectivity index (χ4v) is 2.67. The van der Waals surface area contributed by atoms with Gasteiger partial charge in [0.2, 0.25) is 6.54 Å². The molecule has 1 fully saturated rings. The molecule has 0 aliphatic heterocycles. The van der Waals surface area contributed by atoms with Gasteiger partial charge in [-0.05, 0) is 25.0 Å². The van der Waals surface area contributed by atoms with Crippen LogP contribution in [0.15, 0.2) is 18.2 Å². The minimum absolute atomic E-state index is 0.0161. The van der Waals surface area contributed by atoms with Crippen molar-refractivity contribution in [1.82, 2.24) is 0 Å². The number of hydrogen-bond acceptors (Lipinski definition) is 4. The Kier molecular flexibility index (Phi) is 3.46. The topological polar surface area (TPSA) is 77.3 Å². The maximum atomic E-state index is 12.2. The highest BCUT2D eigenvalue weighted by molar-refractivity contribution is 6.14. The predicted octanol–water partition coefficient (Wildman–Crippen LogP) is 1.82. The highest BCUT2D eigenvalue weighted by atomic mass is 16.6. The van der Waals surface area contributed by atoms with E-state index in [1.54, 1.807) is 6.07 Å². The van der Waals surface area contributed by atoms with Crippen LogP contribution in [0.25, 0.3) is 0 Å². The molecule has 0 amide bonds. The van der Waals surface area contributed by atoms with E-state index in [1.807, 2.05) is 26.0 Å². The molecule has 0 N–H and O–H groups in total. The molecular formula is C14H15NO4. The van der Waals surface area contributed by atoms with Gasteiger partial charge in [-0.1, -0.05) is 23.8 Å². The standard InChI is InChI=1S/C14H15NO4/c1-8-3-4-11(9(2)5-8)13-12(16)6-10(14(13)17)7-15(18)19/h3-5,10,13H,6-7H2,1-2H3. The number of carbonyl (C=O) groups is 2. The third-order valence-electron chi connectivity index (χ3n) is 3.56. The Morgan fingerprint density at radius 3 is 2.58 bits per heavy atom. The van der Waals surface area contributed by atoms with E-state index in [2.05, 4.69) is 0 Å².